The molecule has 0 bridgehead atoms. The summed E-state index contributed by atoms with van der Waals surface area (Å²) >= 11 is 0. The highest BCUT2D eigenvalue weighted by atomic mass is 16.8. The van der Waals surface area contributed by atoms with Gasteiger partial charge in [-0.3, -0.25) is 9.63 Å². The second-order valence-corrected chi connectivity index (χ2v) is 5.96. The molecule has 8 nitrogen and oxygen atoms in total. The van der Waals surface area contributed by atoms with E-state index < -0.39 is 0 Å². The molecule has 1 N–H and O–H groups in total. The van der Waals surface area contributed by atoms with E-state index in [-0.39, 0.29) is 18.8 Å². The summed E-state index contributed by atoms with van der Waals surface area (Å²) in [5.74, 6) is 1.46. The molecule has 0 spiro atoms. The van der Waals surface area contributed by atoms with E-state index in [9.17, 15) is 4.79 Å². The van der Waals surface area contributed by atoms with E-state index in [1.54, 1.807) is 38.5 Å². The Bertz CT molecular complexity index is 564. The summed E-state index contributed by atoms with van der Waals surface area (Å²) in [6.45, 7) is 1.09. The molecule has 1 unspecified atom stereocenters. The molecule has 1 fully saturated rings. The van der Waals surface area contributed by atoms with Gasteiger partial charge in [0.1, 0.15) is 17.2 Å². The van der Waals surface area contributed by atoms with E-state index in [0.29, 0.717) is 23.8 Å². The number of amides is 1. The Morgan fingerprint density at radius 1 is 1.27 bits per heavy atom. The molecule has 2 rings (SSSR count). The normalized spacial score (nSPS) is 17.0. The first-order valence-electron chi connectivity index (χ1n) is 8.65. The molecule has 0 radical (unpaired) electrons. The Morgan fingerprint density at radius 3 is 2.50 bits per heavy atom. The van der Waals surface area contributed by atoms with Gasteiger partial charge in [0, 0.05) is 39.3 Å². The molecule has 8 heteroatoms. The van der Waals surface area contributed by atoms with Crippen molar-refractivity contribution in [3.8, 4) is 17.2 Å². The predicted octanol–water partition coefficient (Wildman–Crippen LogP) is 1.72. The zero-order valence-electron chi connectivity index (χ0n) is 15.9. The van der Waals surface area contributed by atoms with Gasteiger partial charge in [0.25, 0.3) is 5.91 Å². The predicted molar refractivity (Wildman–Crippen MR) is 95.3 cm³/mol. The van der Waals surface area contributed by atoms with Crippen molar-refractivity contribution in [2.75, 3.05) is 41.5 Å². The van der Waals surface area contributed by atoms with E-state index in [1.807, 2.05) is 7.05 Å². The summed E-state index contributed by atoms with van der Waals surface area (Å²) in [4.78, 5) is 17.2. The van der Waals surface area contributed by atoms with Crippen LogP contribution in [0.1, 0.15) is 24.8 Å². The molecule has 0 aromatic heterocycles. The zero-order valence-corrected chi connectivity index (χ0v) is 15.9. The lowest BCUT2D eigenvalue weighted by molar-refractivity contribution is -0.284. The highest BCUT2D eigenvalue weighted by Crippen LogP contribution is 2.35. The smallest absolute Gasteiger partial charge is 0.257 e. The number of hydroxylamine groups is 2. The maximum Gasteiger partial charge on any atom is 0.257 e. The molecule has 1 saturated heterocycles. The lowest BCUT2D eigenvalue weighted by Gasteiger charge is -2.28. The Kier molecular flexibility index (Phi) is 7.96. The number of carbonyl (C=O) groups excluding carboxylic acids is 1. The third-order valence-electron chi connectivity index (χ3n) is 4.05. The van der Waals surface area contributed by atoms with E-state index in [0.717, 1.165) is 31.4 Å². The molecule has 1 aliphatic heterocycles. The number of ether oxygens (including phenoxy) is 4. The third kappa shape index (κ3) is 5.76. The number of hydrogen-bond acceptors (Lipinski definition) is 7. The minimum Gasteiger partial charge on any atom is -0.496 e. The van der Waals surface area contributed by atoms with Crippen molar-refractivity contribution in [3.05, 3.63) is 17.7 Å². The summed E-state index contributed by atoms with van der Waals surface area (Å²) < 4.78 is 22.0. The summed E-state index contributed by atoms with van der Waals surface area (Å²) in [5.41, 5.74) is 0.820. The quantitative estimate of drug-likeness (QED) is 0.665. The van der Waals surface area contributed by atoms with Gasteiger partial charge in [0.2, 0.25) is 0 Å². The topological polar surface area (TPSA) is 78.5 Å². The Labute approximate surface area is 154 Å². The molecule has 26 heavy (non-hydrogen) atoms. The third-order valence-corrected chi connectivity index (χ3v) is 4.05. The van der Waals surface area contributed by atoms with Crippen molar-refractivity contribution in [2.45, 2.75) is 32.1 Å². The zero-order chi connectivity index (χ0) is 18.9. The first kappa shape index (κ1) is 20.3. The summed E-state index contributed by atoms with van der Waals surface area (Å²) in [6, 6.07) is 3.46. The van der Waals surface area contributed by atoms with E-state index in [2.05, 4.69) is 5.32 Å². The minimum absolute atomic E-state index is 0.0792. The van der Waals surface area contributed by atoms with Gasteiger partial charge in [0.05, 0.1) is 26.3 Å². The van der Waals surface area contributed by atoms with Crippen LogP contribution in [0.25, 0.3) is 0 Å². The SMILES string of the molecule is CNC(=O)COc1cc(OC)c(CN(C)OC2CCCCO2)c(OC)c1. The number of hydrogen-bond donors (Lipinski definition) is 1. The van der Waals surface area contributed by atoms with Gasteiger partial charge in [0.15, 0.2) is 12.9 Å². The molecular weight excluding hydrogens is 340 g/mol. The first-order valence-corrected chi connectivity index (χ1v) is 8.65. The molecule has 1 amide bonds. The number of likely N-dealkylation sites (N-methyl/N-ethyl adjacent to an activating group) is 1. The van der Waals surface area contributed by atoms with Crippen molar-refractivity contribution >= 4 is 5.91 Å². The highest BCUT2D eigenvalue weighted by Gasteiger charge is 2.20. The monoisotopic (exact) mass is 368 g/mol. The van der Waals surface area contributed by atoms with Gasteiger partial charge >= 0.3 is 0 Å². The van der Waals surface area contributed by atoms with Crippen LogP contribution in [-0.4, -0.2) is 58.8 Å². The van der Waals surface area contributed by atoms with Crippen molar-refractivity contribution in [2.24, 2.45) is 0 Å². The number of carbonyl (C=O) groups is 1. The van der Waals surface area contributed by atoms with E-state index in [1.165, 1.54) is 0 Å². The summed E-state index contributed by atoms with van der Waals surface area (Å²) in [6.07, 6.45) is 2.83. The summed E-state index contributed by atoms with van der Waals surface area (Å²) in [7, 11) is 6.55. The molecular formula is C18H28N2O6. The largest absolute Gasteiger partial charge is 0.496 e. The number of nitrogens with zero attached hydrogens (tertiary/aromatic N) is 1. The molecule has 1 heterocycles. The second kappa shape index (κ2) is 10.2. The van der Waals surface area contributed by atoms with Crippen molar-refractivity contribution in [1.29, 1.82) is 0 Å². The van der Waals surface area contributed by atoms with Gasteiger partial charge < -0.3 is 24.3 Å². The number of rotatable bonds is 9. The van der Waals surface area contributed by atoms with Crippen molar-refractivity contribution in [3.63, 3.8) is 0 Å². The Balaban J connectivity index is 2.08. The van der Waals surface area contributed by atoms with Crippen LogP contribution in [0.2, 0.25) is 0 Å². The second-order valence-electron chi connectivity index (χ2n) is 5.96. The fourth-order valence-electron chi connectivity index (χ4n) is 2.68. The standard InChI is InChI=1S/C18H28N2O6/c1-19-17(21)12-25-13-9-15(22-3)14(16(10-13)23-4)11-20(2)26-18-7-5-6-8-24-18/h9-10,18H,5-8,11-12H2,1-4H3,(H,19,21). The van der Waals surface area contributed by atoms with E-state index >= 15 is 0 Å². The lowest BCUT2D eigenvalue weighted by Crippen LogP contribution is -2.30. The van der Waals surface area contributed by atoms with Crippen LogP contribution in [0.15, 0.2) is 12.1 Å². The van der Waals surface area contributed by atoms with Gasteiger partial charge in [-0.05, 0) is 12.8 Å². The lowest BCUT2D eigenvalue weighted by atomic mass is 10.1. The average molecular weight is 368 g/mol. The van der Waals surface area contributed by atoms with Crippen LogP contribution < -0.4 is 19.5 Å². The number of benzene rings is 1. The first-order chi connectivity index (χ1) is 12.6. The van der Waals surface area contributed by atoms with Crippen LogP contribution in [-0.2, 0) is 20.9 Å². The van der Waals surface area contributed by atoms with Crippen LogP contribution >= 0.6 is 0 Å². The van der Waals surface area contributed by atoms with Gasteiger partial charge in [-0.1, -0.05) is 0 Å². The fraction of sp³-hybridized carbons (Fsp3) is 0.611. The molecule has 0 aliphatic carbocycles. The van der Waals surface area contributed by atoms with Crippen molar-refractivity contribution in [1.82, 2.24) is 10.4 Å². The molecule has 1 aromatic carbocycles. The summed E-state index contributed by atoms with van der Waals surface area (Å²) in [5, 5.41) is 4.22. The Hall–Kier alpha value is -2.03. The van der Waals surface area contributed by atoms with Crippen LogP contribution in [0.4, 0.5) is 0 Å². The minimum atomic E-state index is -0.221. The Morgan fingerprint density at radius 2 is 1.96 bits per heavy atom. The van der Waals surface area contributed by atoms with Gasteiger partial charge in [-0.15, -0.1) is 0 Å². The average Bonchev–Trinajstić information content (AvgIpc) is 2.67. The van der Waals surface area contributed by atoms with Gasteiger partial charge in [-0.25, -0.2) is 0 Å². The molecule has 1 aliphatic rings. The molecule has 1 atom stereocenters. The maximum atomic E-state index is 11.4. The van der Waals surface area contributed by atoms with Crippen LogP contribution in [0.5, 0.6) is 17.2 Å². The van der Waals surface area contributed by atoms with Crippen LogP contribution in [0, 0.1) is 0 Å². The van der Waals surface area contributed by atoms with Crippen LogP contribution in [0.3, 0.4) is 0 Å². The fourth-order valence-corrected chi connectivity index (χ4v) is 2.68. The molecule has 146 valence electrons. The van der Waals surface area contributed by atoms with Gasteiger partial charge in [-0.2, -0.15) is 5.06 Å². The number of nitrogens with one attached hydrogen (secondary N) is 1. The maximum absolute atomic E-state index is 11.4. The number of methoxy groups -OCH3 is 2. The molecule has 1 aromatic rings. The molecule has 0 saturated carbocycles. The van der Waals surface area contributed by atoms with E-state index in [4.69, 9.17) is 23.8 Å². The van der Waals surface area contributed by atoms with Crippen molar-refractivity contribution < 1.29 is 28.6 Å². The highest BCUT2D eigenvalue weighted by molar-refractivity contribution is 5.77.